The van der Waals surface area contributed by atoms with Gasteiger partial charge in [0.1, 0.15) is 6.54 Å². The minimum absolute atomic E-state index is 0.0200. The lowest BCUT2D eigenvalue weighted by molar-refractivity contribution is -0.119. The minimum atomic E-state index is -0.218. The summed E-state index contributed by atoms with van der Waals surface area (Å²) < 4.78 is 1.56. The molecule has 0 radical (unpaired) electrons. The Labute approximate surface area is 207 Å². The Morgan fingerprint density at radius 3 is 2.57 bits per heavy atom. The largest absolute Gasteiger partial charge is 0.353 e. The molecule has 0 aliphatic heterocycles. The minimum Gasteiger partial charge on any atom is -0.353 e. The summed E-state index contributed by atoms with van der Waals surface area (Å²) in [5.41, 5.74) is 1.54. The van der Waals surface area contributed by atoms with Crippen molar-refractivity contribution in [2.45, 2.75) is 43.4 Å². The summed E-state index contributed by atoms with van der Waals surface area (Å²) in [7, 11) is 0. The fraction of sp³-hybridized carbons (Fsp3) is 0.269. The van der Waals surface area contributed by atoms with Crippen molar-refractivity contribution in [3.63, 3.8) is 0 Å². The topological polar surface area (TPSA) is 102 Å². The van der Waals surface area contributed by atoms with Crippen molar-refractivity contribution in [1.29, 1.82) is 0 Å². The second-order valence-corrected chi connectivity index (χ2v) is 9.47. The summed E-state index contributed by atoms with van der Waals surface area (Å²) in [5.74, 6) is 0.464. The number of amides is 2. The first-order chi connectivity index (χ1) is 17.2. The summed E-state index contributed by atoms with van der Waals surface area (Å²) in [6.45, 7) is -0.0200. The number of nitrogens with one attached hydrogen (secondary N) is 2. The summed E-state index contributed by atoms with van der Waals surface area (Å²) in [6.07, 6.45) is 7.73. The van der Waals surface area contributed by atoms with Crippen LogP contribution in [0.1, 0.15) is 25.7 Å². The number of hydrogen-bond donors (Lipinski definition) is 2. The van der Waals surface area contributed by atoms with Crippen LogP contribution in [0.25, 0.3) is 22.2 Å². The second kappa shape index (κ2) is 10.7. The van der Waals surface area contributed by atoms with Crippen LogP contribution in [-0.2, 0) is 16.1 Å². The first-order valence-corrected chi connectivity index (χ1v) is 12.7. The van der Waals surface area contributed by atoms with Crippen LogP contribution in [0.15, 0.2) is 72.1 Å². The highest BCUT2D eigenvalue weighted by Gasteiger charge is 2.20. The Bertz CT molecular complexity index is 1330. The summed E-state index contributed by atoms with van der Waals surface area (Å²) in [4.78, 5) is 34.1. The van der Waals surface area contributed by atoms with E-state index in [4.69, 9.17) is 0 Å². The van der Waals surface area contributed by atoms with Crippen LogP contribution in [0.3, 0.4) is 0 Å². The Morgan fingerprint density at radius 2 is 1.74 bits per heavy atom. The third-order valence-electron chi connectivity index (χ3n) is 5.99. The molecule has 2 N–H and O–H groups in total. The Morgan fingerprint density at radius 1 is 0.971 bits per heavy atom. The first kappa shape index (κ1) is 23.0. The van der Waals surface area contributed by atoms with Crippen molar-refractivity contribution in [2.24, 2.45) is 0 Å². The van der Waals surface area contributed by atoms with Gasteiger partial charge in [-0.15, -0.1) is 5.10 Å². The number of benzene rings is 2. The maximum Gasteiger partial charge on any atom is 0.246 e. The van der Waals surface area contributed by atoms with Gasteiger partial charge >= 0.3 is 0 Å². The molecule has 0 unspecified atom stereocenters. The molecule has 0 bridgehead atoms. The molecule has 178 valence electrons. The fourth-order valence-corrected chi connectivity index (χ4v) is 5.04. The Kier molecular flexibility index (Phi) is 7.04. The van der Waals surface area contributed by atoms with E-state index in [-0.39, 0.29) is 30.2 Å². The van der Waals surface area contributed by atoms with E-state index < -0.39 is 0 Å². The monoisotopic (exact) mass is 486 g/mol. The van der Waals surface area contributed by atoms with Gasteiger partial charge in [-0.05, 0) is 36.4 Å². The molecule has 4 aromatic rings. The van der Waals surface area contributed by atoms with E-state index in [0.29, 0.717) is 11.0 Å². The molecule has 1 aliphatic rings. The van der Waals surface area contributed by atoms with Gasteiger partial charge in [-0.2, -0.15) is 0 Å². The highest BCUT2D eigenvalue weighted by molar-refractivity contribution is 7.99. The predicted molar refractivity (Wildman–Crippen MR) is 137 cm³/mol. The van der Waals surface area contributed by atoms with E-state index in [1.54, 1.807) is 17.1 Å². The van der Waals surface area contributed by atoms with Crippen LogP contribution in [0, 0.1) is 0 Å². The van der Waals surface area contributed by atoms with Crippen molar-refractivity contribution in [2.75, 3.05) is 11.1 Å². The summed E-state index contributed by atoms with van der Waals surface area (Å²) >= 11 is 1.29. The highest BCUT2D eigenvalue weighted by atomic mass is 32.2. The lowest BCUT2D eigenvalue weighted by Crippen LogP contribution is -2.33. The number of thioether (sulfide) groups is 1. The van der Waals surface area contributed by atoms with Gasteiger partial charge in [0.2, 0.25) is 11.8 Å². The zero-order chi connectivity index (χ0) is 24.0. The quantitative estimate of drug-likeness (QED) is 0.361. The molecule has 2 heterocycles. The van der Waals surface area contributed by atoms with Crippen molar-refractivity contribution in [3.05, 3.63) is 67.0 Å². The molecule has 0 saturated heterocycles. The molecular weight excluding hydrogens is 460 g/mol. The molecule has 1 aliphatic carbocycles. The van der Waals surface area contributed by atoms with E-state index in [2.05, 4.69) is 25.7 Å². The lowest BCUT2D eigenvalue weighted by atomic mass is 10.1. The van der Waals surface area contributed by atoms with E-state index in [9.17, 15) is 9.59 Å². The molecule has 9 heteroatoms. The number of carbonyl (C=O) groups excluding carboxylic acids is 2. The average Bonchev–Trinajstić information content (AvgIpc) is 3.53. The lowest BCUT2D eigenvalue weighted by Gasteiger charge is -2.12. The SMILES string of the molecule is O=C(Cn1nc(-c2ccncc2)nc1SCC(=O)NC1CCCC1)Nc1cccc2ccccc12. The second-order valence-electron chi connectivity index (χ2n) is 8.52. The van der Waals surface area contributed by atoms with Crippen molar-refractivity contribution < 1.29 is 9.59 Å². The van der Waals surface area contributed by atoms with E-state index >= 15 is 0 Å². The number of fused-ring (bicyclic) bond motifs is 1. The van der Waals surface area contributed by atoms with Gasteiger partial charge in [-0.25, -0.2) is 9.67 Å². The van der Waals surface area contributed by atoms with E-state index in [1.807, 2.05) is 54.6 Å². The van der Waals surface area contributed by atoms with E-state index in [0.717, 1.165) is 47.7 Å². The molecule has 0 spiro atoms. The number of carbonyl (C=O) groups is 2. The van der Waals surface area contributed by atoms with Crippen molar-refractivity contribution in [3.8, 4) is 11.4 Å². The molecule has 8 nitrogen and oxygen atoms in total. The van der Waals surface area contributed by atoms with Crippen LogP contribution in [0.2, 0.25) is 0 Å². The van der Waals surface area contributed by atoms with Crippen molar-refractivity contribution in [1.82, 2.24) is 25.1 Å². The molecular formula is C26H26N6O2S. The highest BCUT2D eigenvalue weighted by Crippen LogP contribution is 2.25. The Balaban J connectivity index is 1.32. The zero-order valence-corrected chi connectivity index (χ0v) is 20.0. The molecule has 2 aromatic carbocycles. The molecule has 0 atom stereocenters. The van der Waals surface area contributed by atoms with Gasteiger partial charge in [-0.3, -0.25) is 14.6 Å². The molecule has 2 amide bonds. The van der Waals surface area contributed by atoms with Gasteiger partial charge in [0.15, 0.2) is 11.0 Å². The smallest absolute Gasteiger partial charge is 0.246 e. The van der Waals surface area contributed by atoms with Gasteiger partial charge < -0.3 is 10.6 Å². The number of anilines is 1. The van der Waals surface area contributed by atoms with E-state index in [1.165, 1.54) is 11.8 Å². The van der Waals surface area contributed by atoms with Crippen LogP contribution in [0.4, 0.5) is 5.69 Å². The summed E-state index contributed by atoms with van der Waals surface area (Å²) in [6, 6.07) is 17.6. The fourth-order valence-electron chi connectivity index (χ4n) is 4.29. The molecule has 35 heavy (non-hydrogen) atoms. The zero-order valence-electron chi connectivity index (χ0n) is 19.2. The van der Waals surface area contributed by atoms with Gasteiger partial charge in [-0.1, -0.05) is 61.0 Å². The number of nitrogens with zero attached hydrogens (tertiary/aromatic N) is 4. The Hall–Kier alpha value is -3.72. The normalized spacial score (nSPS) is 13.7. The van der Waals surface area contributed by atoms with Crippen LogP contribution in [-0.4, -0.2) is 43.4 Å². The van der Waals surface area contributed by atoms with Crippen LogP contribution in [0.5, 0.6) is 0 Å². The molecule has 5 rings (SSSR count). The summed E-state index contributed by atoms with van der Waals surface area (Å²) in [5, 5.41) is 13.2. The standard InChI is InChI=1S/C26H26N6O2S/c33-23(29-22-11-5-7-18-6-1-4-10-21(18)22)16-32-26(30-25(31-32)19-12-14-27-15-13-19)35-17-24(34)28-20-8-2-3-9-20/h1,4-7,10-15,20H,2-3,8-9,16-17H2,(H,28,34)(H,29,33). The number of rotatable bonds is 8. The third-order valence-corrected chi connectivity index (χ3v) is 6.95. The van der Waals surface area contributed by atoms with Gasteiger partial charge in [0, 0.05) is 35.1 Å². The van der Waals surface area contributed by atoms with Crippen LogP contribution >= 0.6 is 11.8 Å². The van der Waals surface area contributed by atoms with Crippen molar-refractivity contribution >= 4 is 40.0 Å². The third kappa shape index (κ3) is 5.68. The molecule has 1 saturated carbocycles. The number of pyridine rings is 1. The predicted octanol–water partition coefficient (Wildman–Crippen LogP) is 4.28. The maximum atomic E-state index is 13.0. The number of hydrogen-bond acceptors (Lipinski definition) is 6. The molecule has 1 fully saturated rings. The van der Waals surface area contributed by atoms with Gasteiger partial charge in [0.05, 0.1) is 5.75 Å². The average molecular weight is 487 g/mol. The van der Waals surface area contributed by atoms with Crippen LogP contribution < -0.4 is 10.6 Å². The number of aromatic nitrogens is 4. The maximum absolute atomic E-state index is 13.0. The molecule has 2 aromatic heterocycles. The van der Waals surface area contributed by atoms with Gasteiger partial charge in [0.25, 0.3) is 0 Å². The first-order valence-electron chi connectivity index (χ1n) is 11.7.